The van der Waals surface area contributed by atoms with Crippen LogP contribution in [0, 0.1) is 0 Å². The molecule has 0 unspecified atom stereocenters. The second-order valence-electron chi connectivity index (χ2n) is 7.53. The molecule has 2 aromatic rings. The highest BCUT2D eigenvalue weighted by atomic mass is 19.1. The van der Waals surface area contributed by atoms with E-state index in [9.17, 15) is 23.2 Å². The summed E-state index contributed by atoms with van der Waals surface area (Å²) >= 11 is 0. The van der Waals surface area contributed by atoms with Gasteiger partial charge in [-0.2, -0.15) is 5.10 Å². The minimum atomic E-state index is -1.34. The number of allylic oxidation sites excluding steroid dienone is 2. The Balaban J connectivity index is 1.79. The monoisotopic (exact) mass is 419 g/mol. The lowest BCUT2D eigenvalue weighted by Crippen LogP contribution is -2.42. The van der Waals surface area contributed by atoms with Gasteiger partial charge in [0.2, 0.25) is 5.91 Å². The molecule has 0 radical (unpaired) electrons. The van der Waals surface area contributed by atoms with Crippen LogP contribution in [-0.2, 0) is 16.1 Å². The number of Topliss-reactive ketones (excluding diaryl/α,β-unsaturated/α-hetero) is 1. The predicted octanol–water partition coefficient (Wildman–Crippen LogP) is 2.08. The Morgan fingerprint density at radius 3 is 2.67 bits per heavy atom. The Hall–Kier alpha value is -3.17. The fraction of sp³-hybridized carbons (Fsp3) is 0.450. The molecule has 1 aliphatic heterocycles. The molecule has 2 aromatic heterocycles. The molecule has 1 fully saturated rings. The maximum Gasteiger partial charge on any atom is 0.269 e. The number of pyridine rings is 1. The van der Waals surface area contributed by atoms with Gasteiger partial charge >= 0.3 is 0 Å². The zero-order chi connectivity index (χ0) is 22.0. The summed E-state index contributed by atoms with van der Waals surface area (Å²) in [6.45, 7) is 2.67. The van der Waals surface area contributed by atoms with Crippen molar-refractivity contribution in [2.24, 2.45) is 5.73 Å². The molecule has 0 saturated carbocycles. The van der Waals surface area contributed by atoms with Crippen LogP contribution in [0.2, 0.25) is 0 Å². The number of rotatable bonds is 7. The lowest BCUT2D eigenvalue weighted by Gasteiger charge is -2.23. The number of nitrogens with two attached hydrogens (primary N) is 1. The van der Waals surface area contributed by atoms with Crippen molar-refractivity contribution in [1.29, 1.82) is 0 Å². The van der Waals surface area contributed by atoms with Crippen LogP contribution in [0.15, 0.2) is 29.9 Å². The molecule has 0 aromatic carbocycles. The summed E-state index contributed by atoms with van der Waals surface area (Å²) in [5.74, 6) is -2.05. The zero-order valence-corrected chi connectivity index (χ0v) is 16.8. The highest BCUT2D eigenvalue weighted by Crippen LogP contribution is 2.25. The van der Waals surface area contributed by atoms with Crippen LogP contribution >= 0.6 is 0 Å². The van der Waals surface area contributed by atoms with E-state index in [1.54, 1.807) is 19.9 Å². The minimum absolute atomic E-state index is 0.00480. The van der Waals surface area contributed by atoms with E-state index in [4.69, 9.17) is 5.73 Å². The van der Waals surface area contributed by atoms with Crippen molar-refractivity contribution in [2.75, 3.05) is 6.54 Å². The largest absolute Gasteiger partial charge is 0.364 e. The number of hydrogen-bond donors (Lipinski definition) is 1. The molecule has 8 nitrogen and oxygen atoms in total. The summed E-state index contributed by atoms with van der Waals surface area (Å²) < 4.78 is 29.0. The van der Waals surface area contributed by atoms with Gasteiger partial charge in [0.05, 0.1) is 30.1 Å². The fourth-order valence-corrected chi connectivity index (χ4v) is 3.56. The molecule has 0 bridgehead atoms. The number of alkyl halides is 1. The minimum Gasteiger partial charge on any atom is -0.364 e. The maximum atomic E-state index is 14.1. The zero-order valence-electron chi connectivity index (χ0n) is 16.8. The van der Waals surface area contributed by atoms with Crippen molar-refractivity contribution in [3.05, 3.63) is 35.6 Å². The van der Waals surface area contributed by atoms with Crippen molar-refractivity contribution in [3.8, 4) is 0 Å². The number of carbonyl (C=O) groups is 3. The van der Waals surface area contributed by atoms with E-state index in [-0.39, 0.29) is 49.7 Å². The predicted molar refractivity (Wildman–Crippen MR) is 105 cm³/mol. The molecular formula is C20H23F2N5O3. The number of hydrogen-bond acceptors (Lipinski definition) is 5. The molecule has 10 heteroatoms. The van der Waals surface area contributed by atoms with Crippen LogP contribution in [0.1, 0.15) is 43.6 Å². The molecule has 1 aliphatic rings. The van der Waals surface area contributed by atoms with Gasteiger partial charge in [0, 0.05) is 30.8 Å². The molecule has 3 rings (SSSR count). The van der Waals surface area contributed by atoms with Gasteiger partial charge < -0.3 is 10.6 Å². The number of nitrogens with zero attached hydrogens (tertiary/aromatic N) is 4. The second kappa shape index (κ2) is 8.68. The lowest BCUT2D eigenvalue weighted by atomic mass is 10.0. The number of aromatic nitrogens is 3. The van der Waals surface area contributed by atoms with Crippen LogP contribution < -0.4 is 5.73 Å². The van der Waals surface area contributed by atoms with Gasteiger partial charge in [0.1, 0.15) is 12.7 Å². The topological polar surface area (TPSA) is 111 Å². The van der Waals surface area contributed by atoms with Crippen LogP contribution in [0.25, 0.3) is 10.9 Å². The summed E-state index contributed by atoms with van der Waals surface area (Å²) in [5, 5.41) is 4.53. The number of carbonyl (C=O) groups excluding carboxylic acids is 3. The van der Waals surface area contributed by atoms with Gasteiger partial charge in [-0.3, -0.25) is 24.0 Å². The molecule has 160 valence electrons. The molecule has 0 spiro atoms. The van der Waals surface area contributed by atoms with Gasteiger partial charge in [-0.15, -0.1) is 0 Å². The summed E-state index contributed by atoms with van der Waals surface area (Å²) in [5.41, 5.74) is 6.24. The van der Waals surface area contributed by atoms with E-state index < -0.39 is 24.0 Å². The Labute approximate surface area is 171 Å². The van der Waals surface area contributed by atoms with Crippen LogP contribution in [-0.4, -0.2) is 56.0 Å². The standard InChI is InChI=1S/C20H23F2N5O3/c1-11(2)14(22)3-4-17(28)15-7-12(21)9-26(15)18(29)10-27-16-8-24-6-5-13(16)19(25-27)20(23)30/h5-6,8,12,15H,3-4,7,9-10H2,1-2H3,(H2,23,30)/t12-,15+/m1/s1. The third-order valence-electron chi connectivity index (χ3n) is 5.15. The molecule has 1 saturated heterocycles. The third-order valence-corrected chi connectivity index (χ3v) is 5.15. The van der Waals surface area contributed by atoms with E-state index in [2.05, 4.69) is 10.1 Å². The third kappa shape index (κ3) is 4.37. The number of ketones is 1. The normalized spacial score (nSPS) is 18.6. The van der Waals surface area contributed by atoms with Crippen LogP contribution in [0.5, 0.6) is 0 Å². The van der Waals surface area contributed by atoms with Crippen molar-refractivity contribution in [1.82, 2.24) is 19.7 Å². The average Bonchev–Trinajstić information content (AvgIpc) is 3.27. The number of halogens is 2. The highest BCUT2D eigenvalue weighted by Gasteiger charge is 2.39. The summed E-state index contributed by atoms with van der Waals surface area (Å²) in [7, 11) is 0. The first-order valence-corrected chi connectivity index (χ1v) is 9.57. The van der Waals surface area contributed by atoms with Gasteiger partial charge in [-0.25, -0.2) is 8.78 Å². The van der Waals surface area contributed by atoms with E-state index in [0.717, 1.165) is 0 Å². The summed E-state index contributed by atoms with van der Waals surface area (Å²) in [6.07, 6.45) is 1.27. The number of fused-ring (bicyclic) bond motifs is 1. The van der Waals surface area contributed by atoms with Crippen molar-refractivity contribution >= 4 is 28.5 Å². The Bertz CT molecular complexity index is 1030. The number of primary amides is 1. The fourth-order valence-electron chi connectivity index (χ4n) is 3.56. The van der Waals surface area contributed by atoms with Crippen LogP contribution in [0.4, 0.5) is 8.78 Å². The van der Waals surface area contributed by atoms with E-state index in [1.165, 1.54) is 22.0 Å². The van der Waals surface area contributed by atoms with E-state index >= 15 is 0 Å². The molecule has 2 N–H and O–H groups in total. The Morgan fingerprint density at radius 2 is 2.00 bits per heavy atom. The number of likely N-dealkylation sites (tertiary alicyclic amines) is 1. The van der Waals surface area contributed by atoms with E-state index in [1.807, 2.05) is 0 Å². The second-order valence-corrected chi connectivity index (χ2v) is 7.53. The Kier molecular flexibility index (Phi) is 6.23. The summed E-state index contributed by atoms with van der Waals surface area (Å²) in [4.78, 5) is 42.2. The first-order chi connectivity index (χ1) is 14.2. The molecule has 3 heterocycles. The quantitative estimate of drug-likeness (QED) is 0.739. The average molecular weight is 419 g/mol. The van der Waals surface area contributed by atoms with Gasteiger partial charge in [0.15, 0.2) is 11.5 Å². The molecule has 2 amide bonds. The van der Waals surface area contributed by atoms with Crippen LogP contribution in [0.3, 0.4) is 0 Å². The van der Waals surface area contributed by atoms with Gasteiger partial charge in [0.25, 0.3) is 5.91 Å². The van der Waals surface area contributed by atoms with Crippen molar-refractivity contribution in [2.45, 2.75) is 51.9 Å². The SMILES string of the molecule is CC(C)=C(F)CCC(=O)[C@@H]1C[C@@H](F)CN1C(=O)Cn1nc(C(N)=O)c2ccncc21. The maximum absolute atomic E-state index is 14.1. The first kappa shape index (κ1) is 21.5. The summed E-state index contributed by atoms with van der Waals surface area (Å²) in [6, 6.07) is 0.606. The van der Waals surface area contributed by atoms with Gasteiger partial charge in [-0.1, -0.05) is 0 Å². The van der Waals surface area contributed by atoms with E-state index in [0.29, 0.717) is 16.5 Å². The van der Waals surface area contributed by atoms with Crippen molar-refractivity contribution in [3.63, 3.8) is 0 Å². The highest BCUT2D eigenvalue weighted by molar-refractivity contribution is 6.04. The number of amides is 2. The van der Waals surface area contributed by atoms with Gasteiger partial charge in [-0.05, 0) is 25.5 Å². The van der Waals surface area contributed by atoms with Crippen molar-refractivity contribution < 1.29 is 23.2 Å². The molecule has 30 heavy (non-hydrogen) atoms. The molecule has 2 atom stereocenters. The smallest absolute Gasteiger partial charge is 0.269 e. The Morgan fingerprint density at radius 1 is 1.27 bits per heavy atom. The molecular weight excluding hydrogens is 396 g/mol. The lowest BCUT2D eigenvalue weighted by molar-refractivity contribution is -0.138. The first-order valence-electron chi connectivity index (χ1n) is 9.57. The molecule has 0 aliphatic carbocycles.